The fourth-order valence-electron chi connectivity index (χ4n) is 2.71. The van der Waals surface area contributed by atoms with Gasteiger partial charge in [-0.15, -0.1) is 0 Å². The molecule has 0 bridgehead atoms. The number of carboxylic acids is 1. The normalized spacial score (nSPS) is 15.8. The molecule has 0 aromatic carbocycles. The van der Waals surface area contributed by atoms with Gasteiger partial charge in [-0.3, -0.25) is 9.78 Å². The molecule has 1 aromatic heterocycles. The molecule has 5 nitrogen and oxygen atoms in total. The van der Waals surface area contributed by atoms with E-state index in [-0.39, 0.29) is 11.3 Å². The van der Waals surface area contributed by atoms with Crippen LogP contribution in [0, 0.1) is 5.92 Å². The fourth-order valence-corrected chi connectivity index (χ4v) is 2.71. The molecule has 1 aliphatic carbocycles. The van der Waals surface area contributed by atoms with Crippen LogP contribution in [0.25, 0.3) is 0 Å². The minimum Gasteiger partial charge on any atom is -0.478 e. The maximum absolute atomic E-state index is 12.0. The summed E-state index contributed by atoms with van der Waals surface area (Å²) < 4.78 is 0. The monoisotopic (exact) mass is 276 g/mol. The van der Waals surface area contributed by atoms with Crippen LogP contribution in [0.15, 0.2) is 18.3 Å². The zero-order valence-electron chi connectivity index (χ0n) is 11.5. The number of carboxylic acid groups (broad SMARTS) is 1. The first-order valence-corrected chi connectivity index (χ1v) is 7.15. The molecular weight excluding hydrogens is 256 g/mol. The van der Waals surface area contributed by atoms with Crippen LogP contribution in [-0.2, 0) is 0 Å². The van der Waals surface area contributed by atoms with Gasteiger partial charge in [0.1, 0.15) is 5.69 Å². The number of aromatic carboxylic acids is 1. The molecule has 0 atom stereocenters. The molecule has 1 aromatic rings. The zero-order valence-corrected chi connectivity index (χ0v) is 11.5. The highest BCUT2D eigenvalue weighted by atomic mass is 16.4. The van der Waals surface area contributed by atoms with Gasteiger partial charge < -0.3 is 10.4 Å². The molecule has 5 heteroatoms. The number of nitrogens with one attached hydrogen (secondary N) is 1. The molecule has 1 aliphatic rings. The second-order valence-electron chi connectivity index (χ2n) is 5.25. The second kappa shape index (κ2) is 7.03. The van der Waals surface area contributed by atoms with E-state index in [1.165, 1.54) is 50.4 Å². The number of nitrogens with zero attached hydrogens (tertiary/aromatic N) is 1. The van der Waals surface area contributed by atoms with Crippen molar-refractivity contribution >= 4 is 11.9 Å². The van der Waals surface area contributed by atoms with Crippen molar-refractivity contribution < 1.29 is 14.7 Å². The van der Waals surface area contributed by atoms with E-state index in [1.54, 1.807) is 0 Å². The summed E-state index contributed by atoms with van der Waals surface area (Å²) >= 11 is 0. The third-order valence-electron chi connectivity index (χ3n) is 3.82. The van der Waals surface area contributed by atoms with E-state index in [1.807, 2.05) is 0 Å². The summed E-state index contributed by atoms with van der Waals surface area (Å²) in [5, 5.41) is 11.8. The van der Waals surface area contributed by atoms with Gasteiger partial charge in [0.05, 0.1) is 5.56 Å². The molecule has 1 fully saturated rings. The van der Waals surface area contributed by atoms with Crippen LogP contribution in [0.5, 0.6) is 0 Å². The van der Waals surface area contributed by atoms with Crippen molar-refractivity contribution in [2.75, 3.05) is 6.54 Å². The van der Waals surface area contributed by atoms with Crippen LogP contribution >= 0.6 is 0 Å². The molecule has 0 unspecified atom stereocenters. The fraction of sp³-hybridized carbons (Fsp3) is 0.533. The van der Waals surface area contributed by atoms with Crippen molar-refractivity contribution in [3.63, 3.8) is 0 Å². The lowest BCUT2D eigenvalue weighted by Gasteiger charge is -2.21. The number of amides is 1. The van der Waals surface area contributed by atoms with Crippen LogP contribution in [0.2, 0.25) is 0 Å². The Morgan fingerprint density at radius 3 is 2.75 bits per heavy atom. The van der Waals surface area contributed by atoms with Crippen molar-refractivity contribution in [3.05, 3.63) is 29.6 Å². The van der Waals surface area contributed by atoms with Crippen molar-refractivity contribution in [1.29, 1.82) is 0 Å². The van der Waals surface area contributed by atoms with Crippen LogP contribution in [0.3, 0.4) is 0 Å². The third-order valence-corrected chi connectivity index (χ3v) is 3.82. The van der Waals surface area contributed by atoms with Gasteiger partial charge in [0.15, 0.2) is 0 Å². The number of carbonyl (C=O) groups excluding carboxylic acids is 1. The van der Waals surface area contributed by atoms with Gasteiger partial charge >= 0.3 is 5.97 Å². The number of aromatic nitrogens is 1. The summed E-state index contributed by atoms with van der Waals surface area (Å²) in [7, 11) is 0. The standard InChI is InChI=1S/C15H20N2O3/c18-14(13-12(15(19)20)7-4-9-16-13)17-10-8-11-5-2-1-3-6-11/h4,7,9,11H,1-3,5-6,8,10H2,(H,17,18)(H,19,20). The average Bonchev–Trinajstić information content (AvgIpc) is 2.48. The first-order valence-electron chi connectivity index (χ1n) is 7.15. The summed E-state index contributed by atoms with van der Waals surface area (Å²) in [5.74, 6) is -0.846. The second-order valence-corrected chi connectivity index (χ2v) is 5.25. The minimum absolute atomic E-state index is 0.0105. The van der Waals surface area contributed by atoms with Crippen LogP contribution in [0.4, 0.5) is 0 Å². The van der Waals surface area contributed by atoms with Crippen LogP contribution in [-0.4, -0.2) is 28.5 Å². The highest BCUT2D eigenvalue weighted by Crippen LogP contribution is 2.25. The van der Waals surface area contributed by atoms with E-state index in [0.717, 1.165) is 6.42 Å². The quantitative estimate of drug-likeness (QED) is 0.866. The van der Waals surface area contributed by atoms with Gasteiger partial charge in [-0.05, 0) is 24.5 Å². The van der Waals surface area contributed by atoms with Crippen LogP contribution < -0.4 is 5.32 Å². The molecule has 2 rings (SSSR count). The number of carbonyl (C=O) groups is 2. The lowest BCUT2D eigenvalue weighted by Crippen LogP contribution is -2.28. The Balaban J connectivity index is 1.87. The Hall–Kier alpha value is -1.91. The molecule has 20 heavy (non-hydrogen) atoms. The largest absolute Gasteiger partial charge is 0.478 e. The maximum Gasteiger partial charge on any atom is 0.338 e. The molecular formula is C15H20N2O3. The van der Waals surface area contributed by atoms with Gasteiger partial charge in [0, 0.05) is 12.7 Å². The van der Waals surface area contributed by atoms with E-state index in [0.29, 0.717) is 12.5 Å². The van der Waals surface area contributed by atoms with E-state index in [9.17, 15) is 9.59 Å². The van der Waals surface area contributed by atoms with Gasteiger partial charge in [-0.25, -0.2) is 4.79 Å². The molecule has 108 valence electrons. The van der Waals surface area contributed by atoms with Gasteiger partial charge in [0.25, 0.3) is 5.91 Å². The smallest absolute Gasteiger partial charge is 0.338 e. The van der Waals surface area contributed by atoms with Crippen LogP contribution in [0.1, 0.15) is 59.4 Å². The predicted molar refractivity (Wildman–Crippen MR) is 74.7 cm³/mol. The number of hydrogen-bond acceptors (Lipinski definition) is 3. The lowest BCUT2D eigenvalue weighted by molar-refractivity contribution is 0.0690. The summed E-state index contributed by atoms with van der Waals surface area (Å²) in [5.41, 5.74) is -0.0636. The Morgan fingerprint density at radius 1 is 1.30 bits per heavy atom. The lowest BCUT2D eigenvalue weighted by atomic mass is 9.87. The van der Waals surface area contributed by atoms with E-state index >= 15 is 0 Å². The number of hydrogen-bond donors (Lipinski definition) is 2. The summed E-state index contributed by atoms with van der Waals surface area (Å²) in [6, 6.07) is 2.91. The molecule has 1 heterocycles. The molecule has 0 spiro atoms. The topological polar surface area (TPSA) is 79.3 Å². The van der Waals surface area contributed by atoms with E-state index < -0.39 is 11.9 Å². The van der Waals surface area contributed by atoms with Crippen molar-refractivity contribution in [2.24, 2.45) is 5.92 Å². The predicted octanol–water partition coefficient (Wildman–Crippen LogP) is 2.48. The zero-order chi connectivity index (χ0) is 14.4. The Labute approximate surface area is 118 Å². The molecule has 2 N–H and O–H groups in total. The first kappa shape index (κ1) is 14.5. The molecule has 0 radical (unpaired) electrons. The highest BCUT2D eigenvalue weighted by Gasteiger charge is 2.18. The van der Waals surface area contributed by atoms with E-state index in [2.05, 4.69) is 10.3 Å². The van der Waals surface area contributed by atoms with Crippen molar-refractivity contribution in [1.82, 2.24) is 10.3 Å². The van der Waals surface area contributed by atoms with Gasteiger partial charge in [-0.2, -0.15) is 0 Å². The molecule has 1 amide bonds. The molecule has 0 aliphatic heterocycles. The highest BCUT2D eigenvalue weighted by molar-refractivity contribution is 6.03. The first-order chi connectivity index (χ1) is 9.68. The Bertz CT molecular complexity index is 482. The number of pyridine rings is 1. The number of rotatable bonds is 5. The maximum atomic E-state index is 12.0. The summed E-state index contributed by atoms with van der Waals surface area (Å²) in [4.78, 5) is 26.9. The van der Waals surface area contributed by atoms with Gasteiger partial charge in [-0.1, -0.05) is 32.1 Å². The summed E-state index contributed by atoms with van der Waals surface area (Å²) in [6.45, 7) is 0.582. The van der Waals surface area contributed by atoms with E-state index in [4.69, 9.17) is 5.11 Å². The van der Waals surface area contributed by atoms with Crippen molar-refractivity contribution in [3.8, 4) is 0 Å². The Kier molecular flexibility index (Phi) is 5.09. The Morgan fingerprint density at radius 2 is 2.05 bits per heavy atom. The minimum atomic E-state index is -1.13. The molecule has 0 saturated heterocycles. The van der Waals surface area contributed by atoms with Gasteiger partial charge in [0.2, 0.25) is 0 Å². The molecule has 1 saturated carbocycles. The SMILES string of the molecule is O=C(O)c1cccnc1C(=O)NCCC1CCCCC1. The van der Waals surface area contributed by atoms with Crippen molar-refractivity contribution in [2.45, 2.75) is 38.5 Å². The third kappa shape index (κ3) is 3.79. The average molecular weight is 276 g/mol. The summed E-state index contributed by atoms with van der Waals surface area (Å²) in [6.07, 6.45) is 8.74.